The van der Waals surface area contributed by atoms with E-state index in [9.17, 15) is 0 Å². The van der Waals surface area contributed by atoms with Crippen molar-refractivity contribution in [3.8, 4) is 0 Å². The van der Waals surface area contributed by atoms with Crippen molar-refractivity contribution in [1.82, 2.24) is 9.78 Å². The molecule has 3 rings (SSSR count). The maximum absolute atomic E-state index is 4.85. The average Bonchev–Trinajstić information content (AvgIpc) is 2.95. The maximum Gasteiger partial charge on any atom is 0.0889 e. The van der Waals surface area contributed by atoms with Crippen LogP contribution in [0.25, 0.3) is 0 Å². The van der Waals surface area contributed by atoms with E-state index in [1.165, 1.54) is 55.6 Å². The molecule has 1 N–H and O–H groups in total. The molecule has 16 heavy (non-hydrogen) atoms. The number of nitrogens with one attached hydrogen (secondary N) is 1. The molecule has 2 aliphatic rings. The zero-order valence-corrected chi connectivity index (χ0v) is 10.1. The van der Waals surface area contributed by atoms with Crippen LogP contribution in [0.2, 0.25) is 0 Å². The summed E-state index contributed by atoms with van der Waals surface area (Å²) in [5.74, 6) is 0.729. The SMILES string of the molecule is CCn1nc(C2CCCC2)c2c1CCCN2. The highest BCUT2D eigenvalue weighted by molar-refractivity contribution is 5.56. The number of aromatic nitrogens is 2. The molecule has 0 spiro atoms. The lowest BCUT2D eigenvalue weighted by molar-refractivity contribution is 0.587. The molecule has 0 aromatic carbocycles. The fraction of sp³-hybridized carbons (Fsp3) is 0.769. The van der Waals surface area contributed by atoms with Gasteiger partial charge in [0, 0.05) is 19.0 Å². The van der Waals surface area contributed by atoms with Crippen molar-refractivity contribution in [3.63, 3.8) is 0 Å². The fourth-order valence-corrected chi connectivity index (χ4v) is 3.18. The molecule has 3 heteroatoms. The van der Waals surface area contributed by atoms with E-state index in [1.807, 2.05) is 0 Å². The van der Waals surface area contributed by atoms with Crippen molar-refractivity contribution >= 4 is 5.69 Å². The van der Waals surface area contributed by atoms with Crippen LogP contribution in [0.5, 0.6) is 0 Å². The predicted octanol–water partition coefficient (Wildman–Crippen LogP) is 2.92. The van der Waals surface area contributed by atoms with Gasteiger partial charge in [0.05, 0.1) is 17.1 Å². The molecule has 0 atom stereocenters. The molecule has 1 aliphatic carbocycles. The van der Waals surface area contributed by atoms with Crippen LogP contribution in [0.4, 0.5) is 5.69 Å². The van der Waals surface area contributed by atoms with Crippen LogP contribution in [0.15, 0.2) is 0 Å². The molecule has 88 valence electrons. The topological polar surface area (TPSA) is 29.9 Å². The predicted molar refractivity (Wildman–Crippen MR) is 65.9 cm³/mol. The van der Waals surface area contributed by atoms with E-state index in [0.29, 0.717) is 0 Å². The van der Waals surface area contributed by atoms with Gasteiger partial charge in [-0.3, -0.25) is 4.68 Å². The Labute approximate surface area is 97.2 Å². The highest BCUT2D eigenvalue weighted by Crippen LogP contribution is 2.39. The maximum atomic E-state index is 4.85. The molecular formula is C13H21N3. The minimum absolute atomic E-state index is 0.729. The molecule has 0 radical (unpaired) electrons. The van der Waals surface area contributed by atoms with Crippen LogP contribution >= 0.6 is 0 Å². The summed E-state index contributed by atoms with van der Waals surface area (Å²) in [6.07, 6.45) is 7.92. The first-order valence-corrected chi connectivity index (χ1v) is 6.73. The molecule has 3 nitrogen and oxygen atoms in total. The molecule has 1 saturated carbocycles. The Bertz CT molecular complexity index is 375. The van der Waals surface area contributed by atoms with E-state index >= 15 is 0 Å². The van der Waals surface area contributed by atoms with Gasteiger partial charge >= 0.3 is 0 Å². The van der Waals surface area contributed by atoms with Crippen LogP contribution in [-0.4, -0.2) is 16.3 Å². The Balaban J connectivity index is 2.00. The smallest absolute Gasteiger partial charge is 0.0889 e. The number of aryl methyl sites for hydroxylation is 1. The molecule has 2 heterocycles. The van der Waals surface area contributed by atoms with Gasteiger partial charge in [0.1, 0.15) is 0 Å². The van der Waals surface area contributed by atoms with Gasteiger partial charge in [-0.15, -0.1) is 0 Å². The largest absolute Gasteiger partial charge is 0.382 e. The second kappa shape index (κ2) is 4.11. The lowest BCUT2D eigenvalue weighted by atomic mass is 10.00. The molecule has 0 unspecified atom stereocenters. The molecular weight excluding hydrogens is 198 g/mol. The summed E-state index contributed by atoms with van der Waals surface area (Å²) >= 11 is 0. The summed E-state index contributed by atoms with van der Waals surface area (Å²) in [6, 6.07) is 0. The van der Waals surface area contributed by atoms with Gasteiger partial charge in [0.25, 0.3) is 0 Å². The van der Waals surface area contributed by atoms with Crippen LogP contribution in [0.3, 0.4) is 0 Å². The van der Waals surface area contributed by atoms with Crippen LogP contribution in [0, 0.1) is 0 Å². The summed E-state index contributed by atoms with van der Waals surface area (Å²) in [7, 11) is 0. The number of hydrogen-bond acceptors (Lipinski definition) is 2. The summed E-state index contributed by atoms with van der Waals surface area (Å²) in [4.78, 5) is 0. The summed E-state index contributed by atoms with van der Waals surface area (Å²) in [6.45, 7) is 4.33. The Morgan fingerprint density at radius 1 is 1.31 bits per heavy atom. The Morgan fingerprint density at radius 2 is 2.12 bits per heavy atom. The summed E-state index contributed by atoms with van der Waals surface area (Å²) < 4.78 is 2.22. The summed E-state index contributed by atoms with van der Waals surface area (Å²) in [5.41, 5.74) is 4.21. The Kier molecular flexibility index (Phi) is 2.62. The highest BCUT2D eigenvalue weighted by Gasteiger charge is 2.27. The van der Waals surface area contributed by atoms with E-state index in [0.717, 1.165) is 19.0 Å². The van der Waals surface area contributed by atoms with E-state index in [2.05, 4.69) is 16.9 Å². The molecule has 1 aromatic rings. The molecule has 1 fully saturated rings. The third kappa shape index (κ3) is 1.53. The van der Waals surface area contributed by atoms with Crippen LogP contribution in [-0.2, 0) is 13.0 Å². The number of nitrogens with zero attached hydrogens (tertiary/aromatic N) is 2. The van der Waals surface area contributed by atoms with E-state index in [4.69, 9.17) is 5.10 Å². The lowest BCUT2D eigenvalue weighted by Crippen LogP contribution is -2.14. The number of hydrogen-bond donors (Lipinski definition) is 1. The van der Waals surface area contributed by atoms with Gasteiger partial charge in [-0.05, 0) is 32.6 Å². The number of anilines is 1. The summed E-state index contributed by atoms with van der Waals surface area (Å²) in [5, 5.41) is 8.43. The zero-order chi connectivity index (χ0) is 11.0. The normalized spacial score (nSPS) is 20.8. The van der Waals surface area contributed by atoms with E-state index < -0.39 is 0 Å². The van der Waals surface area contributed by atoms with Gasteiger partial charge in [-0.25, -0.2) is 0 Å². The van der Waals surface area contributed by atoms with Crippen molar-refractivity contribution in [2.75, 3.05) is 11.9 Å². The second-order valence-electron chi connectivity index (χ2n) is 5.03. The van der Waals surface area contributed by atoms with Gasteiger partial charge in [0.15, 0.2) is 0 Å². The van der Waals surface area contributed by atoms with E-state index in [-0.39, 0.29) is 0 Å². The first kappa shape index (κ1) is 10.2. The fourth-order valence-electron chi connectivity index (χ4n) is 3.18. The first-order valence-electron chi connectivity index (χ1n) is 6.73. The van der Waals surface area contributed by atoms with Crippen LogP contribution in [0.1, 0.15) is 56.3 Å². The van der Waals surface area contributed by atoms with Crippen molar-refractivity contribution in [2.45, 2.75) is 57.9 Å². The number of rotatable bonds is 2. The third-order valence-corrected chi connectivity index (χ3v) is 4.02. The van der Waals surface area contributed by atoms with Gasteiger partial charge < -0.3 is 5.32 Å². The van der Waals surface area contributed by atoms with Crippen molar-refractivity contribution in [1.29, 1.82) is 0 Å². The zero-order valence-electron chi connectivity index (χ0n) is 10.1. The standard InChI is InChI=1S/C13H21N3/c1-2-16-11-8-5-9-14-13(11)12(15-16)10-6-3-4-7-10/h10,14H,2-9H2,1H3. The minimum atomic E-state index is 0.729. The van der Waals surface area contributed by atoms with Gasteiger partial charge in [-0.1, -0.05) is 12.8 Å². The minimum Gasteiger partial charge on any atom is -0.382 e. The third-order valence-electron chi connectivity index (χ3n) is 4.02. The average molecular weight is 219 g/mol. The van der Waals surface area contributed by atoms with Crippen LogP contribution < -0.4 is 5.32 Å². The Hall–Kier alpha value is -0.990. The van der Waals surface area contributed by atoms with Gasteiger partial charge in [-0.2, -0.15) is 5.10 Å². The second-order valence-corrected chi connectivity index (χ2v) is 5.03. The van der Waals surface area contributed by atoms with Gasteiger partial charge in [0.2, 0.25) is 0 Å². The quantitative estimate of drug-likeness (QED) is 0.829. The monoisotopic (exact) mass is 219 g/mol. The molecule has 0 amide bonds. The van der Waals surface area contributed by atoms with E-state index in [1.54, 1.807) is 0 Å². The number of fused-ring (bicyclic) bond motifs is 1. The van der Waals surface area contributed by atoms with Crippen molar-refractivity contribution in [2.24, 2.45) is 0 Å². The van der Waals surface area contributed by atoms with Crippen molar-refractivity contribution in [3.05, 3.63) is 11.4 Å². The lowest BCUT2D eigenvalue weighted by Gasteiger charge is -2.17. The molecule has 0 saturated heterocycles. The van der Waals surface area contributed by atoms with Crippen molar-refractivity contribution < 1.29 is 0 Å². The molecule has 0 bridgehead atoms. The molecule has 1 aliphatic heterocycles. The first-order chi connectivity index (χ1) is 7.90. The highest BCUT2D eigenvalue weighted by atomic mass is 15.3. The Morgan fingerprint density at radius 3 is 2.88 bits per heavy atom. The molecule has 1 aromatic heterocycles.